The molecular formula is C15H18N2O3S3. The van der Waals surface area contributed by atoms with Crippen molar-refractivity contribution in [2.24, 2.45) is 0 Å². The predicted molar refractivity (Wildman–Crippen MR) is 92.4 cm³/mol. The average molecular weight is 371 g/mol. The number of thiophene rings is 2. The number of aryl methyl sites for hydroxylation is 1. The summed E-state index contributed by atoms with van der Waals surface area (Å²) in [4.78, 5) is 16.0. The van der Waals surface area contributed by atoms with E-state index in [0.29, 0.717) is 36.8 Å². The van der Waals surface area contributed by atoms with Crippen LogP contribution < -0.4 is 0 Å². The summed E-state index contributed by atoms with van der Waals surface area (Å²) in [7, 11) is -3.42. The highest BCUT2D eigenvalue weighted by Crippen LogP contribution is 2.25. The van der Waals surface area contributed by atoms with Crippen LogP contribution in [0.3, 0.4) is 0 Å². The Kier molecular flexibility index (Phi) is 4.86. The molecule has 1 saturated heterocycles. The summed E-state index contributed by atoms with van der Waals surface area (Å²) in [5, 5.41) is 1.95. The van der Waals surface area contributed by atoms with Crippen LogP contribution in [-0.2, 0) is 21.2 Å². The Morgan fingerprint density at radius 3 is 2.48 bits per heavy atom. The van der Waals surface area contributed by atoms with Crippen molar-refractivity contribution in [1.82, 2.24) is 9.21 Å². The molecule has 0 radical (unpaired) electrons. The normalized spacial score (nSPS) is 16.7. The van der Waals surface area contributed by atoms with Gasteiger partial charge < -0.3 is 4.90 Å². The molecule has 0 saturated carbocycles. The van der Waals surface area contributed by atoms with Crippen LogP contribution in [0.5, 0.6) is 0 Å². The Morgan fingerprint density at radius 1 is 1.17 bits per heavy atom. The molecule has 124 valence electrons. The third kappa shape index (κ3) is 3.65. The highest BCUT2D eigenvalue weighted by molar-refractivity contribution is 7.91. The van der Waals surface area contributed by atoms with Crippen molar-refractivity contribution in [2.45, 2.75) is 17.6 Å². The zero-order chi connectivity index (χ0) is 16.4. The Bertz CT molecular complexity index is 773. The Balaban J connectivity index is 1.61. The number of carbonyl (C=O) groups is 1. The highest BCUT2D eigenvalue weighted by atomic mass is 32.2. The number of hydrogen-bond acceptors (Lipinski definition) is 5. The van der Waals surface area contributed by atoms with Crippen LogP contribution in [0.4, 0.5) is 0 Å². The lowest BCUT2D eigenvalue weighted by molar-refractivity contribution is -0.131. The van der Waals surface area contributed by atoms with Crippen molar-refractivity contribution in [3.63, 3.8) is 0 Å². The largest absolute Gasteiger partial charge is 0.340 e. The van der Waals surface area contributed by atoms with E-state index in [4.69, 9.17) is 0 Å². The molecule has 0 spiro atoms. The van der Waals surface area contributed by atoms with Gasteiger partial charge >= 0.3 is 0 Å². The molecule has 0 atom stereocenters. The third-order valence-electron chi connectivity index (χ3n) is 3.81. The highest BCUT2D eigenvalue weighted by Gasteiger charge is 2.30. The van der Waals surface area contributed by atoms with E-state index in [2.05, 4.69) is 0 Å². The number of piperazine rings is 1. The average Bonchev–Trinajstić information content (AvgIpc) is 3.19. The molecule has 3 heterocycles. The molecule has 0 aliphatic carbocycles. The lowest BCUT2D eigenvalue weighted by Gasteiger charge is -2.33. The first-order chi connectivity index (χ1) is 11.0. The molecule has 1 aliphatic rings. The van der Waals surface area contributed by atoms with E-state index in [0.717, 1.165) is 9.75 Å². The van der Waals surface area contributed by atoms with Gasteiger partial charge in [-0.1, -0.05) is 6.07 Å². The summed E-state index contributed by atoms with van der Waals surface area (Å²) in [5.41, 5.74) is 0. The molecule has 0 bridgehead atoms. The second-order valence-corrected chi connectivity index (χ2v) is 9.89. The van der Waals surface area contributed by atoms with Crippen molar-refractivity contribution in [1.29, 1.82) is 0 Å². The first kappa shape index (κ1) is 16.6. The van der Waals surface area contributed by atoms with E-state index in [-0.39, 0.29) is 5.91 Å². The summed E-state index contributed by atoms with van der Waals surface area (Å²) >= 11 is 2.86. The molecule has 8 heteroatoms. The van der Waals surface area contributed by atoms with E-state index in [1.165, 1.54) is 15.6 Å². The van der Waals surface area contributed by atoms with Crippen LogP contribution in [-0.4, -0.2) is 49.7 Å². The fraction of sp³-hybridized carbons (Fsp3) is 0.400. The zero-order valence-electron chi connectivity index (χ0n) is 12.8. The zero-order valence-corrected chi connectivity index (χ0v) is 15.2. The number of sulfonamides is 1. The number of rotatable bonds is 4. The van der Waals surface area contributed by atoms with E-state index < -0.39 is 10.0 Å². The minimum atomic E-state index is -3.42. The number of nitrogens with zero attached hydrogens (tertiary/aromatic N) is 2. The van der Waals surface area contributed by atoms with Gasteiger partial charge in [0.1, 0.15) is 4.21 Å². The van der Waals surface area contributed by atoms with Gasteiger partial charge in [-0.15, -0.1) is 22.7 Å². The van der Waals surface area contributed by atoms with Gasteiger partial charge in [0.05, 0.1) is 6.42 Å². The minimum Gasteiger partial charge on any atom is -0.340 e. The van der Waals surface area contributed by atoms with E-state index in [1.807, 2.05) is 30.5 Å². The standard InChI is InChI=1S/C15H18N2O3S3/c1-12-4-5-15(22-12)23(19,20)17-8-6-16(7-9-17)14(18)11-13-3-2-10-21-13/h2-5,10H,6-9,11H2,1H3. The quantitative estimate of drug-likeness (QED) is 0.829. The minimum absolute atomic E-state index is 0.0662. The first-order valence-electron chi connectivity index (χ1n) is 7.33. The van der Waals surface area contributed by atoms with Crippen molar-refractivity contribution in [3.05, 3.63) is 39.4 Å². The van der Waals surface area contributed by atoms with Gasteiger partial charge in [0, 0.05) is 35.9 Å². The lowest BCUT2D eigenvalue weighted by atomic mass is 10.3. The van der Waals surface area contributed by atoms with Gasteiger partial charge in [0.25, 0.3) is 10.0 Å². The molecule has 0 unspecified atom stereocenters. The monoisotopic (exact) mass is 370 g/mol. The Hall–Kier alpha value is -1.22. The summed E-state index contributed by atoms with van der Waals surface area (Å²) in [6.45, 7) is 3.51. The summed E-state index contributed by atoms with van der Waals surface area (Å²) in [6, 6.07) is 7.35. The maximum atomic E-state index is 12.6. The molecular weight excluding hydrogens is 352 g/mol. The molecule has 1 fully saturated rings. The van der Waals surface area contributed by atoms with E-state index in [9.17, 15) is 13.2 Å². The first-order valence-corrected chi connectivity index (χ1v) is 10.5. The van der Waals surface area contributed by atoms with Gasteiger partial charge in [0.15, 0.2) is 0 Å². The smallest absolute Gasteiger partial charge is 0.252 e. The SMILES string of the molecule is Cc1ccc(S(=O)(=O)N2CCN(C(=O)Cc3cccs3)CC2)s1. The lowest BCUT2D eigenvalue weighted by Crippen LogP contribution is -2.50. The van der Waals surface area contributed by atoms with Crippen molar-refractivity contribution >= 4 is 38.6 Å². The molecule has 1 amide bonds. The van der Waals surface area contributed by atoms with Gasteiger partial charge in [-0.25, -0.2) is 8.42 Å². The molecule has 23 heavy (non-hydrogen) atoms. The van der Waals surface area contributed by atoms with Crippen LogP contribution >= 0.6 is 22.7 Å². The molecule has 5 nitrogen and oxygen atoms in total. The molecule has 0 N–H and O–H groups in total. The summed E-state index contributed by atoms with van der Waals surface area (Å²) < 4.78 is 27.0. The van der Waals surface area contributed by atoms with Gasteiger partial charge in [0.2, 0.25) is 5.91 Å². The number of amides is 1. The van der Waals surface area contributed by atoms with Crippen molar-refractivity contribution < 1.29 is 13.2 Å². The van der Waals surface area contributed by atoms with Crippen LogP contribution in [0.15, 0.2) is 33.9 Å². The van der Waals surface area contributed by atoms with Gasteiger partial charge in [-0.05, 0) is 30.5 Å². The van der Waals surface area contributed by atoms with Crippen LogP contribution in [0.1, 0.15) is 9.75 Å². The predicted octanol–water partition coefficient (Wildman–Crippen LogP) is 2.19. The molecule has 2 aromatic heterocycles. The topological polar surface area (TPSA) is 57.7 Å². The summed E-state index contributed by atoms with van der Waals surface area (Å²) in [6.07, 6.45) is 0.397. The van der Waals surface area contributed by atoms with Gasteiger partial charge in [-0.3, -0.25) is 4.79 Å². The Morgan fingerprint density at radius 2 is 1.91 bits per heavy atom. The maximum Gasteiger partial charge on any atom is 0.252 e. The fourth-order valence-corrected chi connectivity index (χ4v) is 6.09. The number of carbonyl (C=O) groups excluding carboxylic acids is 1. The molecule has 2 aromatic rings. The Labute approximate surface area is 144 Å². The second-order valence-electron chi connectivity index (χ2n) is 5.41. The van der Waals surface area contributed by atoms with Crippen molar-refractivity contribution in [2.75, 3.05) is 26.2 Å². The van der Waals surface area contributed by atoms with E-state index in [1.54, 1.807) is 22.3 Å². The fourth-order valence-electron chi connectivity index (χ4n) is 2.53. The van der Waals surface area contributed by atoms with Crippen LogP contribution in [0, 0.1) is 6.92 Å². The second kappa shape index (κ2) is 6.72. The maximum absolute atomic E-state index is 12.6. The third-order valence-corrected chi connectivity index (χ3v) is 8.05. The molecule has 3 rings (SSSR count). The van der Waals surface area contributed by atoms with Crippen molar-refractivity contribution in [3.8, 4) is 0 Å². The van der Waals surface area contributed by atoms with Crippen LogP contribution in [0.25, 0.3) is 0 Å². The molecule has 1 aliphatic heterocycles. The van der Waals surface area contributed by atoms with E-state index >= 15 is 0 Å². The van der Waals surface area contributed by atoms with Gasteiger partial charge in [-0.2, -0.15) is 4.31 Å². The van der Waals surface area contributed by atoms with Crippen LogP contribution in [0.2, 0.25) is 0 Å². The summed E-state index contributed by atoms with van der Waals surface area (Å²) in [5.74, 6) is 0.0662. The number of hydrogen-bond donors (Lipinski definition) is 0. The molecule has 0 aromatic carbocycles.